The first-order valence-electron chi connectivity index (χ1n) is 5.92. The molecule has 0 N–H and O–H groups in total. The molecule has 0 aliphatic rings. The Bertz CT molecular complexity index is 591. The van der Waals surface area contributed by atoms with E-state index in [0.29, 0.717) is 0 Å². The molecular weight excluding hydrogens is 333 g/mol. The molecule has 0 spiro atoms. The fourth-order valence-electron chi connectivity index (χ4n) is 1.82. The molecule has 0 unspecified atom stereocenters. The predicted molar refractivity (Wildman–Crippen MR) is 75.9 cm³/mol. The molecule has 106 valence electrons. The Morgan fingerprint density at radius 2 is 1.70 bits per heavy atom. The minimum atomic E-state index is -4.32. The van der Waals surface area contributed by atoms with Gasteiger partial charge in [-0.2, -0.15) is 13.2 Å². The highest BCUT2D eigenvalue weighted by Crippen LogP contribution is 2.30. The molecule has 0 saturated carbocycles. The van der Waals surface area contributed by atoms with E-state index in [1.54, 1.807) is 24.3 Å². The van der Waals surface area contributed by atoms with Crippen molar-refractivity contribution < 1.29 is 17.9 Å². The normalized spacial score (nSPS) is 11.4. The van der Waals surface area contributed by atoms with E-state index in [1.165, 1.54) is 0 Å². The molecule has 20 heavy (non-hydrogen) atoms. The molecule has 1 nitrogen and oxygen atoms in total. The van der Waals surface area contributed by atoms with Gasteiger partial charge in [0.2, 0.25) is 0 Å². The number of hydrogen-bond donors (Lipinski definition) is 0. The summed E-state index contributed by atoms with van der Waals surface area (Å²) in [6, 6.07) is 12.4. The molecule has 0 bridgehead atoms. The van der Waals surface area contributed by atoms with Gasteiger partial charge in [0.15, 0.2) is 6.61 Å². The third-order valence-corrected chi connectivity index (χ3v) is 3.69. The first kappa shape index (κ1) is 14.9. The maximum Gasteiger partial charge on any atom is 0.422 e. The van der Waals surface area contributed by atoms with Crippen molar-refractivity contribution in [2.24, 2.45) is 0 Å². The highest BCUT2D eigenvalue weighted by molar-refractivity contribution is 9.10. The maximum absolute atomic E-state index is 12.1. The zero-order valence-corrected chi connectivity index (χ0v) is 12.3. The smallest absolute Gasteiger partial charge is 0.422 e. The Labute approximate surface area is 123 Å². The first-order valence-corrected chi connectivity index (χ1v) is 6.71. The van der Waals surface area contributed by atoms with Crippen molar-refractivity contribution in [1.82, 2.24) is 0 Å². The predicted octanol–water partition coefficient (Wildman–Crippen LogP) is 5.37. The van der Waals surface area contributed by atoms with Gasteiger partial charge in [-0.1, -0.05) is 40.2 Å². The zero-order chi connectivity index (χ0) is 14.8. The topological polar surface area (TPSA) is 9.23 Å². The first-order chi connectivity index (χ1) is 9.37. The molecule has 0 saturated heterocycles. The number of hydrogen-bond acceptors (Lipinski definition) is 1. The summed E-state index contributed by atoms with van der Waals surface area (Å²) in [5, 5.41) is 0. The van der Waals surface area contributed by atoms with Crippen LogP contribution in [0.3, 0.4) is 0 Å². The number of alkyl halides is 3. The van der Waals surface area contributed by atoms with Crippen molar-refractivity contribution in [3.63, 3.8) is 0 Å². The summed E-state index contributed by atoms with van der Waals surface area (Å²) in [4.78, 5) is 0. The van der Waals surface area contributed by atoms with E-state index in [2.05, 4.69) is 20.7 Å². The van der Waals surface area contributed by atoms with Gasteiger partial charge in [-0.15, -0.1) is 0 Å². The van der Waals surface area contributed by atoms with Crippen LogP contribution in [0.5, 0.6) is 5.75 Å². The molecule has 0 aromatic heterocycles. The van der Waals surface area contributed by atoms with Crippen LogP contribution in [0.25, 0.3) is 11.1 Å². The molecule has 0 aliphatic heterocycles. The number of rotatable bonds is 3. The third-order valence-electron chi connectivity index (χ3n) is 2.84. The lowest BCUT2D eigenvalue weighted by Gasteiger charge is -2.11. The largest absolute Gasteiger partial charge is 0.484 e. The fraction of sp³-hybridized carbons (Fsp3) is 0.200. The average molecular weight is 345 g/mol. The molecule has 0 radical (unpaired) electrons. The lowest BCUT2D eigenvalue weighted by Crippen LogP contribution is -2.19. The van der Waals surface area contributed by atoms with E-state index >= 15 is 0 Å². The fourth-order valence-corrected chi connectivity index (χ4v) is 2.18. The van der Waals surface area contributed by atoms with E-state index in [0.717, 1.165) is 21.2 Å². The van der Waals surface area contributed by atoms with E-state index in [9.17, 15) is 13.2 Å². The summed E-state index contributed by atoms with van der Waals surface area (Å²) in [6.45, 7) is 0.704. The van der Waals surface area contributed by atoms with Gasteiger partial charge in [-0.05, 0) is 41.8 Å². The van der Waals surface area contributed by atoms with Crippen LogP contribution in [0, 0.1) is 6.92 Å². The van der Waals surface area contributed by atoms with Crippen LogP contribution in [-0.4, -0.2) is 12.8 Å². The Balaban J connectivity index is 2.18. The van der Waals surface area contributed by atoms with Crippen molar-refractivity contribution in [3.05, 3.63) is 52.5 Å². The van der Waals surface area contributed by atoms with Crippen molar-refractivity contribution >= 4 is 15.9 Å². The SMILES string of the molecule is Cc1c(Br)cccc1-c1ccc(OCC(F)(F)F)cc1. The van der Waals surface area contributed by atoms with Gasteiger partial charge >= 0.3 is 6.18 Å². The zero-order valence-electron chi connectivity index (χ0n) is 10.7. The molecule has 0 amide bonds. The summed E-state index contributed by atoms with van der Waals surface area (Å²) in [6.07, 6.45) is -4.32. The number of halogens is 4. The monoisotopic (exact) mass is 344 g/mol. The molecular formula is C15H12BrF3O. The Hall–Kier alpha value is -1.49. The highest BCUT2D eigenvalue weighted by atomic mass is 79.9. The summed E-state index contributed by atoms with van der Waals surface area (Å²) < 4.78 is 41.8. The number of benzene rings is 2. The second-order valence-corrected chi connectivity index (χ2v) is 5.19. The quantitative estimate of drug-likeness (QED) is 0.727. The van der Waals surface area contributed by atoms with E-state index in [1.807, 2.05) is 25.1 Å². The van der Waals surface area contributed by atoms with Crippen LogP contribution in [0.4, 0.5) is 13.2 Å². The van der Waals surface area contributed by atoms with Crippen molar-refractivity contribution in [2.75, 3.05) is 6.61 Å². The van der Waals surface area contributed by atoms with Gasteiger partial charge in [0.05, 0.1) is 0 Å². The molecule has 2 aromatic rings. The summed E-state index contributed by atoms with van der Waals surface area (Å²) >= 11 is 3.45. The Morgan fingerprint density at radius 1 is 1.05 bits per heavy atom. The maximum atomic E-state index is 12.1. The van der Waals surface area contributed by atoms with Crippen molar-refractivity contribution in [3.8, 4) is 16.9 Å². The van der Waals surface area contributed by atoms with Crippen LogP contribution in [0.15, 0.2) is 46.9 Å². The van der Waals surface area contributed by atoms with E-state index < -0.39 is 12.8 Å². The van der Waals surface area contributed by atoms with Gasteiger partial charge in [0, 0.05) is 4.47 Å². The number of ether oxygens (including phenoxy) is 1. The van der Waals surface area contributed by atoms with Crippen LogP contribution in [0.2, 0.25) is 0 Å². The van der Waals surface area contributed by atoms with Crippen molar-refractivity contribution in [2.45, 2.75) is 13.1 Å². The van der Waals surface area contributed by atoms with Gasteiger partial charge in [0.25, 0.3) is 0 Å². The molecule has 2 aromatic carbocycles. The molecule has 0 fully saturated rings. The molecule has 5 heteroatoms. The molecule has 2 rings (SSSR count). The highest BCUT2D eigenvalue weighted by Gasteiger charge is 2.28. The van der Waals surface area contributed by atoms with Crippen molar-refractivity contribution in [1.29, 1.82) is 0 Å². The van der Waals surface area contributed by atoms with Crippen LogP contribution in [-0.2, 0) is 0 Å². The molecule has 0 heterocycles. The third kappa shape index (κ3) is 3.76. The second-order valence-electron chi connectivity index (χ2n) is 4.34. The lowest BCUT2D eigenvalue weighted by atomic mass is 10.0. The van der Waals surface area contributed by atoms with Gasteiger partial charge < -0.3 is 4.74 Å². The molecule has 0 aliphatic carbocycles. The summed E-state index contributed by atoms with van der Waals surface area (Å²) in [5.41, 5.74) is 3.04. The van der Waals surface area contributed by atoms with E-state index in [4.69, 9.17) is 0 Å². The van der Waals surface area contributed by atoms with Crippen LogP contribution in [0.1, 0.15) is 5.56 Å². The summed E-state index contributed by atoms with van der Waals surface area (Å²) in [5.74, 6) is 0.207. The minimum Gasteiger partial charge on any atom is -0.484 e. The average Bonchev–Trinajstić information content (AvgIpc) is 2.40. The summed E-state index contributed by atoms with van der Waals surface area (Å²) in [7, 11) is 0. The Morgan fingerprint density at radius 3 is 2.30 bits per heavy atom. The van der Waals surface area contributed by atoms with Gasteiger partial charge in [-0.25, -0.2) is 0 Å². The van der Waals surface area contributed by atoms with Crippen LogP contribution < -0.4 is 4.74 Å². The minimum absolute atomic E-state index is 0.207. The standard InChI is InChI=1S/C15H12BrF3O/c1-10-13(3-2-4-14(10)16)11-5-7-12(8-6-11)20-9-15(17,18)19/h2-8H,9H2,1H3. The van der Waals surface area contributed by atoms with Gasteiger partial charge in [-0.3, -0.25) is 0 Å². The lowest BCUT2D eigenvalue weighted by molar-refractivity contribution is -0.153. The van der Waals surface area contributed by atoms with Crippen LogP contribution >= 0.6 is 15.9 Å². The molecule has 0 atom stereocenters. The second kappa shape index (κ2) is 5.87. The Kier molecular flexibility index (Phi) is 4.38. The van der Waals surface area contributed by atoms with E-state index in [-0.39, 0.29) is 5.75 Å². The van der Waals surface area contributed by atoms with Gasteiger partial charge in [0.1, 0.15) is 5.75 Å².